The van der Waals surface area contributed by atoms with Gasteiger partial charge in [0, 0.05) is 25.3 Å². The monoisotopic (exact) mass is 454 g/mol. The number of nitriles is 1. The van der Waals surface area contributed by atoms with Crippen LogP contribution in [0.15, 0.2) is 11.1 Å². The molecule has 0 bridgehead atoms. The van der Waals surface area contributed by atoms with E-state index in [2.05, 4.69) is 17.3 Å². The summed E-state index contributed by atoms with van der Waals surface area (Å²) in [6.07, 6.45) is 9.25. The van der Waals surface area contributed by atoms with Gasteiger partial charge in [-0.1, -0.05) is 11.8 Å². The van der Waals surface area contributed by atoms with Crippen LogP contribution in [-0.4, -0.2) is 54.4 Å². The van der Waals surface area contributed by atoms with E-state index >= 15 is 0 Å². The van der Waals surface area contributed by atoms with Crippen LogP contribution < -0.4 is 10.6 Å². The predicted octanol–water partition coefficient (Wildman–Crippen LogP) is 2.50. The molecule has 2 aliphatic rings. The largest absolute Gasteiger partial charge is 0.351 e. The highest BCUT2D eigenvalue weighted by atomic mass is 32.2. The zero-order chi connectivity index (χ0) is 21.9. The highest BCUT2D eigenvalue weighted by Gasteiger charge is 2.42. The van der Waals surface area contributed by atoms with Crippen molar-refractivity contribution in [2.75, 3.05) is 23.5 Å². The Morgan fingerprint density at radius 1 is 1.47 bits per heavy atom. The third-order valence-corrected chi connectivity index (χ3v) is 7.85. The number of primary amides is 1. The number of nitrogens with two attached hydrogens (primary N) is 1. The quantitative estimate of drug-likeness (QED) is 0.672. The lowest BCUT2D eigenvalue weighted by atomic mass is 9.84. The molecule has 1 atom stereocenters. The van der Waals surface area contributed by atoms with Gasteiger partial charge >= 0.3 is 6.03 Å². The molecule has 1 aromatic rings. The number of rotatable bonds is 7. The Labute approximate surface area is 180 Å². The van der Waals surface area contributed by atoms with Crippen LogP contribution in [0.5, 0.6) is 0 Å². The molecule has 0 saturated heterocycles. The molecule has 1 saturated carbocycles. The van der Waals surface area contributed by atoms with E-state index in [4.69, 9.17) is 11.0 Å². The molecule has 163 valence electrons. The first-order valence-electron chi connectivity index (χ1n) is 9.83. The van der Waals surface area contributed by atoms with Gasteiger partial charge in [-0.15, -0.1) is 0 Å². The van der Waals surface area contributed by atoms with Crippen molar-refractivity contribution in [2.24, 2.45) is 11.7 Å². The summed E-state index contributed by atoms with van der Waals surface area (Å²) in [5.74, 6) is -0.113. The smallest absolute Gasteiger partial charge is 0.321 e. The minimum atomic E-state index is -2.98. The number of amides is 2. The fraction of sp³-hybridized carbons (Fsp3) is 0.632. The predicted molar refractivity (Wildman–Crippen MR) is 112 cm³/mol. The number of fused-ring (bicyclic) bond motifs is 1. The van der Waals surface area contributed by atoms with Crippen LogP contribution in [0.25, 0.3) is 0 Å². The van der Waals surface area contributed by atoms with Gasteiger partial charge in [-0.25, -0.2) is 17.6 Å². The van der Waals surface area contributed by atoms with Gasteiger partial charge < -0.3 is 5.73 Å². The molecule has 2 N–H and O–H groups in total. The maximum Gasteiger partial charge on any atom is 0.321 e. The van der Waals surface area contributed by atoms with Gasteiger partial charge in [0.2, 0.25) is 0 Å². The number of hydrogen-bond donors (Lipinski definition) is 1. The minimum absolute atomic E-state index is 0.0799. The number of thioether (sulfide) groups is 1. The molecule has 1 aliphatic heterocycles. The summed E-state index contributed by atoms with van der Waals surface area (Å²) in [7, 11) is -2.98. The molecule has 30 heavy (non-hydrogen) atoms. The second-order valence-electron chi connectivity index (χ2n) is 7.79. The van der Waals surface area contributed by atoms with Crippen LogP contribution in [0.2, 0.25) is 0 Å². The summed E-state index contributed by atoms with van der Waals surface area (Å²) in [6.45, 7) is 0.416. The maximum absolute atomic E-state index is 14.4. The van der Waals surface area contributed by atoms with E-state index in [-0.39, 0.29) is 23.9 Å². The van der Waals surface area contributed by atoms with Gasteiger partial charge in [-0.3, -0.25) is 14.8 Å². The molecule has 1 unspecified atom stereocenters. The third-order valence-electron chi connectivity index (χ3n) is 5.66. The number of halogens is 1. The van der Waals surface area contributed by atoms with Crippen LogP contribution in [0.3, 0.4) is 0 Å². The Morgan fingerprint density at radius 2 is 2.17 bits per heavy atom. The molecule has 1 aromatic heterocycles. The first kappa shape index (κ1) is 22.8. The van der Waals surface area contributed by atoms with E-state index in [9.17, 15) is 17.6 Å². The summed E-state index contributed by atoms with van der Waals surface area (Å²) in [5, 5.41) is 9.12. The first-order chi connectivity index (χ1) is 14.2. The van der Waals surface area contributed by atoms with Gasteiger partial charge in [-0.2, -0.15) is 5.26 Å². The van der Waals surface area contributed by atoms with Crippen molar-refractivity contribution in [3.8, 4) is 6.07 Å². The molecule has 1 radical (unpaired) electrons. The summed E-state index contributed by atoms with van der Waals surface area (Å²) >= 11 is 1.26. The SMILES string of the molecule is CS(=O)(=O)CCC1CCC(N(CCC#N)C2Sc3[c]ncc(F)c3N2C(N)=O)CC1. The lowest BCUT2D eigenvalue weighted by molar-refractivity contribution is 0.127. The average molecular weight is 455 g/mol. The summed E-state index contributed by atoms with van der Waals surface area (Å²) in [6, 6.07) is 1.45. The Bertz CT molecular complexity index is 929. The van der Waals surface area contributed by atoms with Crippen LogP contribution >= 0.6 is 11.8 Å². The first-order valence-corrected chi connectivity index (χ1v) is 12.8. The number of nitrogens with zero attached hydrogens (tertiary/aromatic N) is 4. The van der Waals surface area contributed by atoms with Crippen molar-refractivity contribution in [3.63, 3.8) is 0 Å². The molecule has 3 rings (SSSR count). The van der Waals surface area contributed by atoms with Crippen molar-refractivity contribution in [3.05, 3.63) is 18.2 Å². The molecule has 1 aliphatic carbocycles. The van der Waals surface area contributed by atoms with E-state index in [1.807, 2.05) is 4.90 Å². The second-order valence-corrected chi connectivity index (χ2v) is 11.1. The fourth-order valence-corrected chi connectivity index (χ4v) is 6.29. The topological polar surface area (TPSA) is 120 Å². The highest BCUT2D eigenvalue weighted by molar-refractivity contribution is 8.00. The van der Waals surface area contributed by atoms with Crippen molar-refractivity contribution >= 4 is 33.3 Å². The number of urea groups is 1. The molecular weight excluding hydrogens is 429 g/mol. The Balaban J connectivity index is 1.76. The number of anilines is 1. The Hall–Kier alpha value is -1.90. The Morgan fingerprint density at radius 3 is 2.77 bits per heavy atom. The van der Waals surface area contributed by atoms with E-state index in [0.29, 0.717) is 23.8 Å². The number of hydrogen-bond acceptors (Lipinski definition) is 7. The zero-order valence-electron chi connectivity index (χ0n) is 16.8. The minimum Gasteiger partial charge on any atom is -0.351 e. The maximum atomic E-state index is 14.4. The molecule has 0 aromatic carbocycles. The summed E-state index contributed by atoms with van der Waals surface area (Å²) in [4.78, 5) is 19.6. The summed E-state index contributed by atoms with van der Waals surface area (Å²) in [5.41, 5.74) is 5.10. The molecule has 0 spiro atoms. The van der Waals surface area contributed by atoms with Crippen LogP contribution in [0, 0.1) is 29.3 Å². The van der Waals surface area contributed by atoms with E-state index in [1.54, 1.807) is 0 Å². The molecule has 2 heterocycles. The number of aromatic nitrogens is 1. The number of sulfone groups is 1. The normalized spacial score (nSPS) is 23.9. The number of carbonyl (C=O) groups is 1. The summed E-state index contributed by atoms with van der Waals surface area (Å²) < 4.78 is 37.3. The number of pyridine rings is 1. The van der Waals surface area contributed by atoms with Crippen molar-refractivity contribution in [1.29, 1.82) is 5.26 Å². The van der Waals surface area contributed by atoms with E-state index < -0.39 is 27.2 Å². The lowest BCUT2D eigenvalue weighted by Gasteiger charge is -2.41. The highest BCUT2D eigenvalue weighted by Crippen LogP contribution is 2.46. The molecule has 11 heteroatoms. The Kier molecular flexibility index (Phi) is 7.21. The van der Waals surface area contributed by atoms with E-state index in [0.717, 1.165) is 31.9 Å². The van der Waals surface area contributed by atoms with Gasteiger partial charge in [0.1, 0.15) is 27.2 Å². The molecule has 2 amide bonds. The number of carbonyl (C=O) groups excluding carboxylic acids is 1. The van der Waals surface area contributed by atoms with Crippen LogP contribution in [0.4, 0.5) is 14.9 Å². The fourth-order valence-electron chi connectivity index (χ4n) is 4.18. The van der Waals surface area contributed by atoms with Crippen LogP contribution in [-0.2, 0) is 9.84 Å². The van der Waals surface area contributed by atoms with Crippen molar-refractivity contribution in [1.82, 2.24) is 9.88 Å². The van der Waals surface area contributed by atoms with Gasteiger partial charge in [-0.05, 0) is 38.0 Å². The molecule has 8 nitrogen and oxygen atoms in total. The van der Waals surface area contributed by atoms with E-state index in [1.165, 1.54) is 22.9 Å². The third kappa shape index (κ3) is 5.22. The van der Waals surface area contributed by atoms with Crippen molar-refractivity contribution in [2.45, 2.75) is 55.0 Å². The second kappa shape index (κ2) is 9.49. The average Bonchev–Trinajstić information content (AvgIpc) is 3.08. The van der Waals surface area contributed by atoms with Gasteiger partial charge in [0.25, 0.3) is 0 Å². The van der Waals surface area contributed by atoms with Gasteiger partial charge in [0.15, 0.2) is 5.82 Å². The lowest BCUT2D eigenvalue weighted by Crippen LogP contribution is -2.54. The molecular formula is C19H25FN5O3S2. The van der Waals surface area contributed by atoms with Gasteiger partial charge in [0.05, 0.1) is 22.9 Å². The van der Waals surface area contributed by atoms with Crippen molar-refractivity contribution < 1.29 is 17.6 Å². The van der Waals surface area contributed by atoms with Crippen LogP contribution in [0.1, 0.15) is 38.5 Å². The standard InChI is InChI=1S/C19H25FN5O3S2/c1-30(27,28)10-7-13-3-5-14(6-4-13)24(9-2-8-21)19-25(18(22)26)17-15(20)11-23-12-16(17)29-19/h11,13-14,19H,2-7,9-10H2,1H3,(H2,22,26). The zero-order valence-corrected chi connectivity index (χ0v) is 18.4. The molecule has 1 fully saturated rings.